The lowest BCUT2D eigenvalue weighted by Crippen LogP contribution is -2.46. The molecule has 0 aliphatic heterocycles. The standard InChI is InChI=1S/C11H22N2O4/c1-4-11(5-2,9(14)15)8-13-10(16)12-6-7-17-3/h4-8H2,1-3H3,(H,14,15)(H2,12,13,16). The highest BCUT2D eigenvalue weighted by Gasteiger charge is 2.34. The van der Waals surface area contributed by atoms with Crippen LogP contribution in [0.1, 0.15) is 26.7 Å². The Morgan fingerprint density at radius 2 is 1.82 bits per heavy atom. The lowest BCUT2D eigenvalue weighted by atomic mass is 9.82. The third kappa shape index (κ3) is 5.04. The summed E-state index contributed by atoms with van der Waals surface area (Å²) >= 11 is 0. The number of aliphatic carboxylic acids is 1. The molecule has 6 heteroatoms. The molecular formula is C11H22N2O4. The van der Waals surface area contributed by atoms with Gasteiger partial charge in [-0.1, -0.05) is 13.8 Å². The number of amides is 2. The Kier molecular flexibility index (Phi) is 7.29. The van der Waals surface area contributed by atoms with Gasteiger partial charge in [-0.15, -0.1) is 0 Å². The Balaban J connectivity index is 4.13. The van der Waals surface area contributed by atoms with E-state index in [2.05, 4.69) is 10.6 Å². The summed E-state index contributed by atoms with van der Waals surface area (Å²) in [4.78, 5) is 22.5. The molecule has 0 bridgehead atoms. The molecule has 0 unspecified atom stereocenters. The molecule has 0 aromatic carbocycles. The number of carboxylic acids is 1. The van der Waals surface area contributed by atoms with Crippen LogP contribution >= 0.6 is 0 Å². The van der Waals surface area contributed by atoms with E-state index in [4.69, 9.17) is 9.84 Å². The van der Waals surface area contributed by atoms with Crippen LogP contribution in [0.15, 0.2) is 0 Å². The zero-order valence-electron chi connectivity index (χ0n) is 10.7. The first-order valence-corrected chi connectivity index (χ1v) is 5.76. The molecule has 2 amide bonds. The molecule has 3 N–H and O–H groups in total. The summed E-state index contributed by atoms with van der Waals surface area (Å²) in [6.07, 6.45) is 0.967. The van der Waals surface area contributed by atoms with Crippen molar-refractivity contribution >= 4 is 12.0 Å². The summed E-state index contributed by atoms with van der Waals surface area (Å²) in [5.74, 6) is -0.875. The SMILES string of the molecule is CCC(CC)(CNC(=O)NCCOC)C(=O)O. The molecule has 0 rings (SSSR count). The van der Waals surface area contributed by atoms with Crippen LogP contribution in [0.4, 0.5) is 4.79 Å². The molecule has 0 spiro atoms. The van der Waals surface area contributed by atoms with Crippen molar-refractivity contribution in [2.24, 2.45) is 5.41 Å². The third-order valence-corrected chi connectivity index (χ3v) is 2.99. The van der Waals surface area contributed by atoms with E-state index >= 15 is 0 Å². The average molecular weight is 246 g/mol. The summed E-state index contributed by atoms with van der Waals surface area (Å²) in [5, 5.41) is 14.3. The summed E-state index contributed by atoms with van der Waals surface area (Å²) < 4.78 is 4.78. The van der Waals surface area contributed by atoms with Gasteiger partial charge in [0.2, 0.25) is 0 Å². The fraction of sp³-hybridized carbons (Fsp3) is 0.818. The number of carbonyl (C=O) groups excluding carboxylic acids is 1. The monoisotopic (exact) mass is 246 g/mol. The molecule has 0 aliphatic carbocycles. The van der Waals surface area contributed by atoms with E-state index in [1.807, 2.05) is 13.8 Å². The summed E-state index contributed by atoms with van der Waals surface area (Å²) in [6, 6.07) is -0.366. The van der Waals surface area contributed by atoms with Crippen LogP contribution in [0.2, 0.25) is 0 Å². The first-order chi connectivity index (χ1) is 8.02. The van der Waals surface area contributed by atoms with Crippen LogP contribution in [-0.4, -0.2) is 43.9 Å². The van der Waals surface area contributed by atoms with Gasteiger partial charge in [-0.05, 0) is 12.8 Å². The number of rotatable bonds is 8. The van der Waals surface area contributed by atoms with E-state index in [0.29, 0.717) is 26.0 Å². The number of hydrogen-bond acceptors (Lipinski definition) is 3. The largest absolute Gasteiger partial charge is 0.481 e. The van der Waals surface area contributed by atoms with Gasteiger partial charge < -0.3 is 20.5 Å². The summed E-state index contributed by atoms with van der Waals surface area (Å²) in [7, 11) is 1.54. The van der Waals surface area contributed by atoms with Crippen molar-refractivity contribution in [2.75, 3.05) is 26.8 Å². The van der Waals surface area contributed by atoms with Crippen LogP contribution < -0.4 is 10.6 Å². The molecular weight excluding hydrogens is 224 g/mol. The van der Waals surface area contributed by atoms with Crippen molar-refractivity contribution in [2.45, 2.75) is 26.7 Å². The zero-order chi connectivity index (χ0) is 13.3. The van der Waals surface area contributed by atoms with Crippen molar-refractivity contribution in [1.29, 1.82) is 0 Å². The number of carbonyl (C=O) groups is 2. The normalized spacial score (nSPS) is 11.0. The van der Waals surface area contributed by atoms with Gasteiger partial charge in [0.15, 0.2) is 0 Å². The number of carboxylic acid groups (broad SMARTS) is 1. The molecule has 0 heterocycles. The lowest BCUT2D eigenvalue weighted by Gasteiger charge is -2.26. The Bertz CT molecular complexity index is 252. The van der Waals surface area contributed by atoms with Gasteiger partial charge in [0.05, 0.1) is 12.0 Å². The Hall–Kier alpha value is -1.30. The molecule has 0 fully saturated rings. The predicted molar refractivity (Wildman–Crippen MR) is 63.9 cm³/mol. The molecule has 100 valence electrons. The molecule has 0 aliphatic rings. The summed E-state index contributed by atoms with van der Waals surface area (Å²) in [5.41, 5.74) is -0.876. The van der Waals surface area contributed by atoms with E-state index in [0.717, 1.165) is 0 Å². The molecule has 0 aromatic rings. The van der Waals surface area contributed by atoms with Crippen molar-refractivity contribution < 1.29 is 19.4 Å². The van der Waals surface area contributed by atoms with E-state index < -0.39 is 11.4 Å². The lowest BCUT2D eigenvalue weighted by molar-refractivity contribution is -0.149. The predicted octanol–water partition coefficient (Wildman–Crippen LogP) is 0.823. The number of ether oxygens (including phenoxy) is 1. The highest BCUT2D eigenvalue weighted by Crippen LogP contribution is 2.25. The first kappa shape index (κ1) is 15.7. The molecule has 6 nitrogen and oxygen atoms in total. The van der Waals surface area contributed by atoms with Crippen molar-refractivity contribution in [3.8, 4) is 0 Å². The maximum absolute atomic E-state index is 11.3. The number of nitrogens with one attached hydrogen (secondary N) is 2. The summed E-state index contributed by atoms with van der Waals surface area (Å²) in [6.45, 7) is 4.58. The molecule has 0 aromatic heterocycles. The molecule has 0 atom stereocenters. The molecule has 0 radical (unpaired) electrons. The van der Waals surface area contributed by atoms with Crippen molar-refractivity contribution in [3.05, 3.63) is 0 Å². The van der Waals surface area contributed by atoms with Gasteiger partial charge in [0.1, 0.15) is 0 Å². The van der Waals surface area contributed by atoms with Gasteiger partial charge in [0.25, 0.3) is 0 Å². The topological polar surface area (TPSA) is 87.7 Å². The number of methoxy groups -OCH3 is 1. The smallest absolute Gasteiger partial charge is 0.314 e. The van der Waals surface area contributed by atoms with Crippen LogP contribution in [0.5, 0.6) is 0 Å². The van der Waals surface area contributed by atoms with Crippen LogP contribution in [0.3, 0.4) is 0 Å². The fourth-order valence-electron chi connectivity index (χ4n) is 1.46. The minimum absolute atomic E-state index is 0.133. The van der Waals surface area contributed by atoms with Crippen LogP contribution in [0.25, 0.3) is 0 Å². The average Bonchev–Trinajstić information content (AvgIpc) is 2.31. The maximum Gasteiger partial charge on any atom is 0.314 e. The fourth-order valence-corrected chi connectivity index (χ4v) is 1.46. The number of hydrogen-bond donors (Lipinski definition) is 3. The van der Waals surface area contributed by atoms with Crippen molar-refractivity contribution in [3.63, 3.8) is 0 Å². The first-order valence-electron chi connectivity index (χ1n) is 5.76. The Morgan fingerprint density at radius 1 is 1.24 bits per heavy atom. The Morgan fingerprint density at radius 3 is 2.24 bits per heavy atom. The van der Waals surface area contributed by atoms with Gasteiger partial charge >= 0.3 is 12.0 Å². The van der Waals surface area contributed by atoms with E-state index in [1.54, 1.807) is 7.11 Å². The third-order valence-electron chi connectivity index (χ3n) is 2.99. The van der Waals surface area contributed by atoms with Gasteiger partial charge in [-0.25, -0.2) is 4.79 Å². The van der Waals surface area contributed by atoms with E-state index in [9.17, 15) is 9.59 Å². The minimum atomic E-state index is -0.876. The molecule has 0 saturated heterocycles. The molecule has 17 heavy (non-hydrogen) atoms. The van der Waals surface area contributed by atoms with Gasteiger partial charge in [0, 0.05) is 20.2 Å². The second kappa shape index (κ2) is 7.89. The highest BCUT2D eigenvalue weighted by atomic mass is 16.5. The maximum atomic E-state index is 11.3. The minimum Gasteiger partial charge on any atom is -0.481 e. The zero-order valence-corrected chi connectivity index (χ0v) is 10.7. The van der Waals surface area contributed by atoms with E-state index in [-0.39, 0.29) is 12.6 Å². The van der Waals surface area contributed by atoms with Gasteiger partial charge in [-0.2, -0.15) is 0 Å². The van der Waals surface area contributed by atoms with Crippen LogP contribution in [0, 0.1) is 5.41 Å². The number of urea groups is 1. The Labute approximate surface area is 102 Å². The van der Waals surface area contributed by atoms with Gasteiger partial charge in [-0.3, -0.25) is 4.79 Å². The van der Waals surface area contributed by atoms with Crippen molar-refractivity contribution in [1.82, 2.24) is 10.6 Å². The van der Waals surface area contributed by atoms with Crippen LogP contribution in [-0.2, 0) is 9.53 Å². The highest BCUT2D eigenvalue weighted by molar-refractivity contribution is 5.78. The second-order valence-electron chi connectivity index (χ2n) is 3.89. The van der Waals surface area contributed by atoms with E-state index in [1.165, 1.54) is 0 Å². The quantitative estimate of drug-likeness (QED) is 0.553. The molecule has 0 saturated carbocycles. The second-order valence-corrected chi connectivity index (χ2v) is 3.89.